The largest absolute Gasteiger partial charge is 0.355 e. The van der Waals surface area contributed by atoms with Crippen molar-refractivity contribution in [3.05, 3.63) is 0 Å². The molecule has 66 valence electrons. The summed E-state index contributed by atoms with van der Waals surface area (Å²) in [7, 11) is 5.68. The summed E-state index contributed by atoms with van der Waals surface area (Å²) in [4.78, 5) is 3.74. The van der Waals surface area contributed by atoms with Gasteiger partial charge in [-0.05, 0) is 12.2 Å². The van der Waals surface area contributed by atoms with Crippen LogP contribution in [-0.4, -0.2) is 54.4 Å². The second-order valence-corrected chi connectivity index (χ2v) is 2.87. The minimum atomic E-state index is 0.518. The van der Waals surface area contributed by atoms with Crippen LogP contribution in [0.2, 0.25) is 0 Å². The summed E-state index contributed by atoms with van der Waals surface area (Å²) in [5.74, 6) is 0. The Morgan fingerprint density at radius 2 is 2.00 bits per heavy atom. The Hall–Kier alpha value is -0.390. The summed E-state index contributed by atoms with van der Waals surface area (Å²) < 4.78 is 0. The fraction of sp³-hybridized carbons (Fsp3) is 0.833. The van der Waals surface area contributed by atoms with E-state index in [9.17, 15) is 0 Å². The maximum Gasteiger partial charge on any atom is 0.170 e. The van der Waals surface area contributed by atoms with Crippen molar-refractivity contribution < 1.29 is 5.21 Å². The molecule has 0 radical (unpaired) electrons. The zero-order chi connectivity index (χ0) is 8.85. The molecule has 0 rings (SSSR count). The van der Waals surface area contributed by atoms with Crippen molar-refractivity contribution in [2.75, 3.05) is 34.2 Å². The van der Waals surface area contributed by atoms with Gasteiger partial charge in [0.25, 0.3) is 0 Å². The van der Waals surface area contributed by atoms with Crippen molar-refractivity contribution in [1.82, 2.24) is 15.3 Å². The molecule has 0 bridgehead atoms. The fourth-order valence-electron chi connectivity index (χ4n) is 0.655. The van der Waals surface area contributed by atoms with Gasteiger partial charge in [-0.25, -0.2) is 5.48 Å². The first-order valence-corrected chi connectivity index (χ1v) is 3.79. The zero-order valence-electron chi connectivity index (χ0n) is 7.16. The van der Waals surface area contributed by atoms with Crippen LogP contribution < -0.4 is 5.48 Å². The number of hydroxylamine groups is 1. The minimum absolute atomic E-state index is 0.518. The molecule has 0 aromatic heterocycles. The molecule has 0 fully saturated rings. The molecule has 0 amide bonds. The predicted molar refractivity (Wildman–Crippen MR) is 48.7 cm³/mol. The standard InChI is InChI=1S/C6H15N3OS/c1-8(2)6(11)9(3)5-4-7-10/h7,10H,4-5H2,1-3H3. The Labute approximate surface area is 72.7 Å². The van der Waals surface area contributed by atoms with Crippen molar-refractivity contribution in [2.45, 2.75) is 0 Å². The molecule has 11 heavy (non-hydrogen) atoms. The van der Waals surface area contributed by atoms with Gasteiger partial charge in [0.05, 0.1) is 0 Å². The summed E-state index contributed by atoms with van der Waals surface area (Å²) in [5.41, 5.74) is 2.07. The summed E-state index contributed by atoms with van der Waals surface area (Å²) in [6.45, 7) is 1.22. The molecule has 0 saturated carbocycles. The number of rotatable bonds is 3. The molecule has 5 heteroatoms. The molecular formula is C6H15N3OS. The van der Waals surface area contributed by atoms with Crippen LogP contribution in [0.3, 0.4) is 0 Å². The molecule has 0 aliphatic rings. The SMILES string of the molecule is CN(C)C(=S)N(C)CCNO. The molecule has 4 nitrogen and oxygen atoms in total. The average Bonchev–Trinajstić information content (AvgIpc) is 1.98. The van der Waals surface area contributed by atoms with Crippen LogP contribution in [0, 0.1) is 0 Å². The lowest BCUT2D eigenvalue weighted by molar-refractivity contribution is 0.160. The molecule has 0 unspecified atom stereocenters. The van der Waals surface area contributed by atoms with Crippen LogP contribution >= 0.6 is 12.2 Å². The lowest BCUT2D eigenvalue weighted by atomic mass is 10.6. The third kappa shape index (κ3) is 4.13. The second kappa shape index (κ2) is 5.29. The van der Waals surface area contributed by atoms with E-state index in [1.807, 2.05) is 30.9 Å². The summed E-state index contributed by atoms with van der Waals surface area (Å²) in [5, 5.41) is 9.07. The molecular weight excluding hydrogens is 162 g/mol. The van der Waals surface area contributed by atoms with E-state index in [0.29, 0.717) is 13.1 Å². The van der Waals surface area contributed by atoms with Crippen molar-refractivity contribution in [2.24, 2.45) is 0 Å². The number of nitrogens with zero attached hydrogens (tertiary/aromatic N) is 2. The number of thiocarbonyl (C=S) groups is 1. The third-order valence-electron chi connectivity index (χ3n) is 1.27. The Kier molecular flexibility index (Phi) is 5.10. The van der Waals surface area contributed by atoms with Gasteiger partial charge in [0.1, 0.15) is 0 Å². The van der Waals surface area contributed by atoms with Gasteiger partial charge >= 0.3 is 0 Å². The van der Waals surface area contributed by atoms with E-state index >= 15 is 0 Å². The van der Waals surface area contributed by atoms with Gasteiger partial charge in [-0.15, -0.1) is 0 Å². The molecule has 0 atom stereocenters. The van der Waals surface area contributed by atoms with E-state index in [-0.39, 0.29) is 0 Å². The summed E-state index contributed by atoms with van der Waals surface area (Å²) >= 11 is 5.06. The number of likely N-dealkylation sites (N-methyl/N-ethyl adjacent to an activating group) is 1. The van der Waals surface area contributed by atoms with Crippen LogP contribution in [0.4, 0.5) is 0 Å². The Bertz CT molecular complexity index is 129. The van der Waals surface area contributed by atoms with E-state index in [0.717, 1.165) is 5.11 Å². The fourth-order valence-corrected chi connectivity index (χ4v) is 0.746. The van der Waals surface area contributed by atoms with Gasteiger partial charge in [0.15, 0.2) is 5.11 Å². The van der Waals surface area contributed by atoms with E-state index in [1.165, 1.54) is 0 Å². The maximum atomic E-state index is 8.30. The highest BCUT2D eigenvalue weighted by atomic mass is 32.1. The van der Waals surface area contributed by atoms with Crippen LogP contribution in [0.5, 0.6) is 0 Å². The lowest BCUT2D eigenvalue weighted by Crippen LogP contribution is -2.39. The highest BCUT2D eigenvalue weighted by molar-refractivity contribution is 7.80. The molecule has 2 N–H and O–H groups in total. The topological polar surface area (TPSA) is 38.7 Å². The van der Waals surface area contributed by atoms with Crippen molar-refractivity contribution in [3.8, 4) is 0 Å². The van der Waals surface area contributed by atoms with Gasteiger partial charge < -0.3 is 15.0 Å². The molecule has 0 heterocycles. The molecule has 0 aliphatic carbocycles. The lowest BCUT2D eigenvalue weighted by Gasteiger charge is -2.24. The first kappa shape index (κ1) is 10.6. The number of nitrogens with one attached hydrogen (secondary N) is 1. The zero-order valence-corrected chi connectivity index (χ0v) is 7.98. The van der Waals surface area contributed by atoms with Gasteiger partial charge in [0, 0.05) is 34.2 Å². The van der Waals surface area contributed by atoms with Gasteiger partial charge in [-0.2, -0.15) is 0 Å². The highest BCUT2D eigenvalue weighted by Crippen LogP contribution is 1.89. The van der Waals surface area contributed by atoms with Gasteiger partial charge in [-0.1, -0.05) is 0 Å². The molecule has 0 aliphatic heterocycles. The van der Waals surface area contributed by atoms with Crippen LogP contribution in [0.25, 0.3) is 0 Å². The van der Waals surface area contributed by atoms with Crippen LogP contribution in [0.1, 0.15) is 0 Å². The molecule has 0 saturated heterocycles. The third-order valence-corrected chi connectivity index (χ3v) is 1.94. The normalized spacial score (nSPS) is 9.45. The molecule has 0 spiro atoms. The predicted octanol–water partition coefficient (Wildman–Crippen LogP) is -0.256. The molecule has 0 aromatic carbocycles. The Morgan fingerprint density at radius 3 is 2.36 bits per heavy atom. The highest BCUT2D eigenvalue weighted by Gasteiger charge is 2.03. The van der Waals surface area contributed by atoms with Crippen molar-refractivity contribution >= 4 is 17.3 Å². The van der Waals surface area contributed by atoms with Crippen molar-refractivity contribution in [3.63, 3.8) is 0 Å². The van der Waals surface area contributed by atoms with Gasteiger partial charge in [-0.3, -0.25) is 0 Å². The van der Waals surface area contributed by atoms with Crippen molar-refractivity contribution in [1.29, 1.82) is 0 Å². The van der Waals surface area contributed by atoms with E-state index < -0.39 is 0 Å². The number of hydrogen-bond donors (Lipinski definition) is 2. The molecule has 0 aromatic rings. The van der Waals surface area contributed by atoms with E-state index in [2.05, 4.69) is 5.48 Å². The second-order valence-electron chi connectivity index (χ2n) is 2.51. The summed E-state index contributed by atoms with van der Waals surface area (Å²) in [6, 6.07) is 0. The Balaban J connectivity index is 3.64. The number of hydrogen-bond acceptors (Lipinski definition) is 3. The van der Waals surface area contributed by atoms with Crippen LogP contribution in [-0.2, 0) is 0 Å². The average molecular weight is 177 g/mol. The maximum absolute atomic E-state index is 8.30. The van der Waals surface area contributed by atoms with Crippen LogP contribution in [0.15, 0.2) is 0 Å². The smallest absolute Gasteiger partial charge is 0.170 e. The quantitative estimate of drug-likeness (QED) is 0.459. The minimum Gasteiger partial charge on any atom is -0.355 e. The first-order valence-electron chi connectivity index (χ1n) is 3.39. The Morgan fingerprint density at radius 1 is 1.45 bits per heavy atom. The van der Waals surface area contributed by atoms with E-state index in [1.54, 1.807) is 0 Å². The summed E-state index contributed by atoms with van der Waals surface area (Å²) in [6.07, 6.45) is 0. The van der Waals surface area contributed by atoms with Gasteiger partial charge in [0.2, 0.25) is 0 Å². The van der Waals surface area contributed by atoms with E-state index in [4.69, 9.17) is 17.4 Å². The first-order chi connectivity index (χ1) is 5.09. The monoisotopic (exact) mass is 177 g/mol.